The van der Waals surface area contributed by atoms with Crippen molar-refractivity contribution >= 4 is 33.7 Å². The number of anilines is 1. The highest BCUT2D eigenvalue weighted by Gasteiger charge is 2.44. The summed E-state index contributed by atoms with van der Waals surface area (Å²) in [6.45, 7) is 0.723. The fourth-order valence-electron chi connectivity index (χ4n) is 2.04. The Morgan fingerprint density at radius 2 is 2.22 bits per heavy atom. The Labute approximate surface area is 114 Å². The molecule has 0 radical (unpaired) electrons. The first-order valence-corrected chi connectivity index (χ1v) is 7.72. The minimum atomic E-state index is -0.112. The fraction of sp³-hybridized carbons (Fsp3) is 0.308. The van der Waals surface area contributed by atoms with Crippen LogP contribution in [0, 0.1) is 0 Å². The van der Waals surface area contributed by atoms with Crippen LogP contribution in [0.1, 0.15) is 18.4 Å². The van der Waals surface area contributed by atoms with Crippen molar-refractivity contribution in [3.63, 3.8) is 0 Å². The van der Waals surface area contributed by atoms with E-state index in [2.05, 4.69) is 27.5 Å². The molecule has 0 aromatic carbocycles. The molecule has 5 heteroatoms. The molecule has 2 N–H and O–H groups in total. The van der Waals surface area contributed by atoms with Crippen LogP contribution in [0.25, 0.3) is 0 Å². The monoisotopic (exact) mass is 278 g/mol. The molecular formula is C13H14N2OS2. The Bertz CT molecular complexity index is 515. The molecule has 0 unspecified atom stereocenters. The molecule has 18 heavy (non-hydrogen) atoms. The molecule has 0 bridgehead atoms. The summed E-state index contributed by atoms with van der Waals surface area (Å²) in [5.41, 5.74) is 1.57. The number of amides is 2. The maximum absolute atomic E-state index is 11.7. The summed E-state index contributed by atoms with van der Waals surface area (Å²) >= 11 is 3.25. The van der Waals surface area contributed by atoms with E-state index in [9.17, 15) is 4.79 Å². The van der Waals surface area contributed by atoms with Crippen LogP contribution in [-0.4, -0.2) is 12.6 Å². The van der Waals surface area contributed by atoms with Crippen LogP contribution in [0.5, 0.6) is 0 Å². The van der Waals surface area contributed by atoms with E-state index in [-0.39, 0.29) is 11.4 Å². The lowest BCUT2D eigenvalue weighted by Gasteiger charge is -2.14. The lowest BCUT2D eigenvalue weighted by molar-refractivity contribution is 0.251. The lowest BCUT2D eigenvalue weighted by Crippen LogP contribution is -2.35. The van der Waals surface area contributed by atoms with Crippen molar-refractivity contribution < 1.29 is 4.79 Å². The highest BCUT2D eigenvalue weighted by molar-refractivity contribution is 7.14. The van der Waals surface area contributed by atoms with Gasteiger partial charge in [-0.3, -0.25) is 5.32 Å². The minimum Gasteiger partial charge on any atom is -0.337 e. The predicted octanol–water partition coefficient (Wildman–Crippen LogP) is 3.66. The standard InChI is InChI=1S/C13H14N2OS2/c16-12(15-11-2-1-6-18-11)14-9-13(4-5-13)10-3-7-17-8-10/h1-3,6-8H,4-5,9H2,(H2,14,15,16). The molecule has 1 fully saturated rings. The van der Waals surface area contributed by atoms with Crippen molar-refractivity contribution in [2.75, 3.05) is 11.9 Å². The molecule has 94 valence electrons. The van der Waals surface area contributed by atoms with E-state index < -0.39 is 0 Å². The molecule has 3 rings (SSSR count). The second-order valence-electron chi connectivity index (χ2n) is 4.58. The summed E-state index contributed by atoms with van der Waals surface area (Å²) in [5, 5.41) is 12.9. The second-order valence-corrected chi connectivity index (χ2v) is 6.31. The average Bonchev–Trinajstić information content (AvgIpc) is 2.84. The van der Waals surface area contributed by atoms with Gasteiger partial charge in [0.15, 0.2) is 0 Å². The van der Waals surface area contributed by atoms with Crippen molar-refractivity contribution in [2.24, 2.45) is 0 Å². The number of carbonyl (C=O) groups excluding carboxylic acids is 1. The largest absolute Gasteiger partial charge is 0.337 e. The van der Waals surface area contributed by atoms with Crippen LogP contribution < -0.4 is 10.6 Å². The summed E-state index contributed by atoms with van der Waals surface area (Å²) in [6, 6.07) is 5.87. The quantitative estimate of drug-likeness (QED) is 0.880. The Morgan fingerprint density at radius 1 is 1.33 bits per heavy atom. The van der Waals surface area contributed by atoms with E-state index in [1.807, 2.05) is 17.5 Å². The van der Waals surface area contributed by atoms with Gasteiger partial charge < -0.3 is 5.32 Å². The fourth-order valence-corrected chi connectivity index (χ4v) is 3.43. The van der Waals surface area contributed by atoms with E-state index in [4.69, 9.17) is 0 Å². The van der Waals surface area contributed by atoms with Gasteiger partial charge in [0.05, 0.1) is 5.00 Å². The number of nitrogens with one attached hydrogen (secondary N) is 2. The molecule has 2 heterocycles. The van der Waals surface area contributed by atoms with E-state index >= 15 is 0 Å². The highest BCUT2D eigenvalue weighted by Crippen LogP contribution is 2.48. The zero-order chi connectivity index (χ0) is 12.4. The third-order valence-corrected chi connectivity index (χ3v) is 4.80. The first-order chi connectivity index (χ1) is 8.78. The third-order valence-electron chi connectivity index (χ3n) is 3.33. The maximum Gasteiger partial charge on any atom is 0.319 e. The Kier molecular flexibility index (Phi) is 3.09. The highest BCUT2D eigenvalue weighted by atomic mass is 32.1. The first-order valence-electron chi connectivity index (χ1n) is 5.90. The summed E-state index contributed by atoms with van der Waals surface area (Å²) < 4.78 is 0. The number of urea groups is 1. The Morgan fingerprint density at radius 3 is 2.83 bits per heavy atom. The smallest absolute Gasteiger partial charge is 0.319 e. The van der Waals surface area contributed by atoms with Gasteiger partial charge in [-0.15, -0.1) is 11.3 Å². The lowest BCUT2D eigenvalue weighted by atomic mass is 9.99. The van der Waals surface area contributed by atoms with E-state index in [1.165, 1.54) is 29.7 Å². The molecule has 2 aromatic rings. The van der Waals surface area contributed by atoms with Gasteiger partial charge >= 0.3 is 6.03 Å². The zero-order valence-electron chi connectivity index (χ0n) is 9.81. The molecule has 2 aromatic heterocycles. The minimum absolute atomic E-state index is 0.112. The molecule has 0 aliphatic heterocycles. The number of rotatable bonds is 4. The number of carbonyl (C=O) groups is 1. The van der Waals surface area contributed by atoms with Gasteiger partial charge in [0, 0.05) is 12.0 Å². The Hall–Kier alpha value is -1.33. The molecule has 0 spiro atoms. The van der Waals surface area contributed by atoms with Gasteiger partial charge in [-0.2, -0.15) is 11.3 Å². The molecule has 1 aliphatic carbocycles. The molecule has 1 saturated carbocycles. The summed E-state index contributed by atoms with van der Waals surface area (Å²) in [7, 11) is 0. The number of hydrogen-bond acceptors (Lipinski definition) is 3. The van der Waals surface area contributed by atoms with Crippen LogP contribution in [0.15, 0.2) is 34.3 Å². The van der Waals surface area contributed by atoms with Gasteiger partial charge in [0.2, 0.25) is 0 Å². The predicted molar refractivity (Wildman–Crippen MR) is 76.6 cm³/mol. The number of hydrogen-bond donors (Lipinski definition) is 2. The molecule has 2 amide bonds. The van der Waals surface area contributed by atoms with Crippen molar-refractivity contribution in [3.05, 3.63) is 39.9 Å². The molecule has 0 atom stereocenters. The van der Waals surface area contributed by atoms with Crippen LogP contribution >= 0.6 is 22.7 Å². The van der Waals surface area contributed by atoms with E-state index in [0.29, 0.717) is 0 Å². The van der Waals surface area contributed by atoms with Gasteiger partial charge in [-0.1, -0.05) is 0 Å². The van der Waals surface area contributed by atoms with Crippen LogP contribution in [-0.2, 0) is 5.41 Å². The van der Waals surface area contributed by atoms with Crippen molar-refractivity contribution in [2.45, 2.75) is 18.3 Å². The summed E-state index contributed by atoms with van der Waals surface area (Å²) in [6.07, 6.45) is 2.34. The van der Waals surface area contributed by atoms with Crippen molar-refractivity contribution in [1.29, 1.82) is 0 Å². The molecule has 3 nitrogen and oxygen atoms in total. The summed E-state index contributed by atoms with van der Waals surface area (Å²) in [4.78, 5) is 11.7. The average molecular weight is 278 g/mol. The Balaban J connectivity index is 1.54. The SMILES string of the molecule is O=C(NCC1(c2ccsc2)CC1)Nc1cccs1. The van der Waals surface area contributed by atoms with Gasteiger partial charge in [-0.25, -0.2) is 4.79 Å². The van der Waals surface area contributed by atoms with Crippen LogP contribution in [0.4, 0.5) is 9.80 Å². The second kappa shape index (κ2) is 4.74. The van der Waals surface area contributed by atoms with Crippen molar-refractivity contribution in [1.82, 2.24) is 5.32 Å². The van der Waals surface area contributed by atoms with Crippen LogP contribution in [0.2, 0.25) is 0 Å². The number of thiophene rings is 2. The van der Waals surface area contributed by atoms with Gasteiger partial charge in [0.1, 0.15) is 0 Å². The van der Waals surface area contributed by atoms with Crippen molar-refractivity contribution in [3.8, 4) is 0 Å². The van der Waals surface area contributed by atoms with Gasteiger partial charge in [0.25, 0.3) is 0 Å². The van der Waals surface area contributed by atoms with Crippen LogP contribution in [0.3, 0.4) is 0 Å². The van der Waals surface area contributed by atoms with E-state index in [0.717, 1.165) is 11.5 Å². The molecule has 0 saturated heterocycles. The van der Waals surface area contributed by atoms with E-state index in [1.54, 1.807) is 11.3 Å². The zero-order valence-corrected chi connectivity index (χ0v) is 11.4. The normalized spacial score (nSPS) is 16.2. The first kappa shape index (κ1) is 11.7. The van der Waals surface area contributed by atoms with Gasteiger partial charge in [-0.05, 0) is 52.7 Å². The summed E-state index contributed by atoms with van der Waals surface area (Å²) in [5.74, 6) is 0. The maximum atomic E-state index is 11.7. The molecular weight excluding hydrogens is 264 g/mol. The topological polar surface area (TPSA) is 41.1 Å². The third kappa shape index (κ3) is 2.42. The molecule has 1 aliphatic rings.